The van der Waals surface area contributed by atoms with Gasteiger partial charge in [-0.25, -0.2) is 4.79 Å². The minimum Gasteiger partial charge on any atom is -0.459 e. The SMILES string of the molecule is Cc1[nH]c(C(=O)N(Cc2cccs2)C2CC2)c(C)c1C(=O)OC(C)C. The molecule has 2 heterocycles. The van der Waals surface area contributed by atoms with Crippen molar-refractivity contribution in [2.24, 2.45) is 0 Å². The van der Waals surface area contributed by atoms with Crippen molar-refractivity contribution in [3.8, 4) is 0 Å². The van der Waals surface area contributed by atoms with Gasteiger partial charge in [-0.15, -0.1) is 11.3 Å². The van der Waals surface area contributed by atoms with Gasteiger partial charge in [-0.3, -0.25) is 4.79 Å². The lowest BCUT2D eigenvalue weighted by Gasteiger charge is -2.21. The van der Waals surface area contributed by atoms with Crippen LogP contribution in [0.25, 0.3) is 0 Å². The van der Waals surface area contributed by atoms with Gasteiger partial charge in [0.1, 0.15) is 5.69 Å². The number of amides is 1. The lowest BCUT2D eigenvalue weighted by Crippen LogP contribution is -2.33. The van der Waals surface area contributed by atoms with Gasteiger partial charge in [0.15, 0.2) is 0 Å². The molecule has 0 aromatic carbocycles. The number of aromatic amines is 1. The van der Waals surface area contributed by atoms with Crippen LogP contribution in [0.4, 0.5) is 0 Å². The molecular formula is C19H24N2O3S. The van der Waals surface area contributed by atoms with E-state index in [1.165, 1.54) is 4.88 Å². The summed E-state index contributed by atoms with van der Waals surface area (Å²) in [5.74, 6) is -0.420. The Morgan fingerprint density at radius 2 is 2.08 bits per heavy atom. The number of nitrogens with one attached hydrogen (secondary N) is 1. The number of nitrogens with zero attached hydrogens (tertiary/aromatic N) is 1. The molecule has 134 valence electrons. The Morgan fingerprint density at radius 1 is 1.36 bits per heavy atom. The van der Waals surface area contributed by atoms with Crippen molar-refractivity contribution < 1.29 is 14.3 Å². The standard InChI is InChI=1S/C19H24N2O3S/c1-11(2)24-19(23)16-12(3)17(20-13(16)4)18(22)21(14-7-8-14)10-15-6-5-9-25-15/h5-6,9,11,14,20H,7-8,10H2,1-4H3. The summed E-state index contributed by atoms with van der Waals surface area (Å²) in [7, 11) is 0. The van der Waals surface area contributed by atoms with E-state index in [0.29, 0.717) is 35.1 Å². The van der Waals surface area contributed by atoms with Crippen LogP contribution < -0.4 is 0 Å². The molecule has 3 rings (SSSR count). The topological polar surface area (TPSA) is 62.4 Å². The number of carbonyl (C=O) groups is 2. The molecule has 6 heteroatoms. The summed E-state index contributed by atoms with van der Waals surface area (Å²) in [4.78, 5) is 31.7. The average Bonchev–Trinajstić information content (AvgIpc) is 3.15. The van der Waals surface area contributed by atoms with Crippen molar-refractivity contribution in [1.29, 1.82) is 0 Å². The summed E-state index contributed by atoms with van der Waals surface area (Å²) in [6.07, 6.45) is 1.89. The lowest BCUT2D eigenvalue weighted by atomic mass is 10.1. The highest BCUT2D eigenvalue weighted by Gasteiger charge is 2.35. The van der Waals surface area contributed by atoms with Crippen molar-refractivity contribution in [3.05, 3.63) is 44.9 Å². The van der Waals surface area contributed by atoms with E-state index in [1.54, 1.807) is 18.3 Å². The van der Waals surface area contributed by atoms with Crippen LogP contribution in [-0.4, -0.2) is 33.9 Å². The third-order valence-corrected chi connectivity index (χ3v) is 5.21. The quantitative estimate of drug-likeness (QED) is 0.790. The number of H-pyrrole nitrogens is 1. The van der Waals surface area contributed by atoms with Crippen LogP contribution in [0.15, 0.2) is 17.5 Å². The molecule has 1 aliphatic rings. The molecule has 0 bridgehead atoms. The van der Waals surface area contributed by atoms with E-state index in [-0.39, 0.29) is 18.0 Å². The maximum absolute atomic E-state index is 13.1. The average molecular weight is 360 g/mol. The van der Waals surface area contributed by atoms with Crippen LogP contribution in [0.1, 0.15) is 63.7 Å². The van der Waals surface area contributed by atoms with E-state index >= 15 is 0 Å². The molecule has 1 amide bonds. The maximum Gasteiger partial charge on any atom is 0.340 e. The minimum absolute atomic E-state index is 0.0416. The number of aromatic nitrogens is 1. The Labute approximate surface area is 152 Å². The molecule has 2 aromatic rings. The number of thiophene rings is 1. The van der Waals surface area contributed by atoms with Crippen LogP contribution in [0, 0.1) is 13.8 Å². The predicted molar refractivity (Wildman–Crippen MR) is 98.0 cm³/mol. The first-order chi connectivity index (χ1) is 11.9. The summed E-state index contributed by atoms with van der Waals surface area (Å²) in [5, 5.41) is 2.02. The van der Waals surface area contributed by atoms with E-state index in [1.807, 2.05) is 43.2 Å². The Kier molecular flexibility index (Phi) is 4.99. The summed E-state index contributed by atoms with van der Waals surface area (Å²) in [6.45, 7) is 7.87. The molecule has 5 nitrogen and oxygen atoms in total. The van der Waals surface area contributed by atoms with Crippen molar-refractivity contribution in [2.75, 3.05) is 0 Å². The molecule has 1 fully saturated rings. The molecule has 2 aromatic heterocycles. The third-order valence-electron chi connectivity index (χ3n) is 4.35. The predicted octanol–water partition coefficient (Wildman–Crippen LogP) is 4.06. The van der Waals surface area contributed by atoms with Crippen LogP contribution in [0.3, 0.4) is 0 Å². The first kappa shape index (κ1) is 17.7. The molecule has 0 spiro atoms. The Morgan fingerprint density at radius 3 is 2.64 bits per heavy atom. The van der Waals surface area contributed by atoms with Crippen molar-refractivity contribution in [2.45, 2.75) is 59.2 Å². The molecule has 0 saturated heterocycles. The molecule has 0 radical (unpaired) electrons. The molecule has 1 saturated carbocycles. The smallest absolute Gasteiger partial charge is 0.340 e. The van der Waals surface area contributed by atoms with Crippen molar-refractivity contribution in [1.82, 2.24) is 9.88 Å². The molecular weight excluding hydrogens is 336 g/mol. The van der Waals surface area contributed by atoms with Crippen LogP contribution in [0.2, 0.25) is 0 Å². The zero-order chi connectivity index (χ0) is 18.1. The minimum atomic E-state index is -0.378. The summed E-state index contributed by atoms with van der Waals surface area (Å²) < 4.78 is 5.31. The monoisotopic (exact) mass is 360 g/mol. The van der Waals surface area contributed by atoms with Gasteiger partial charge in [-0.1, -0.05) is 6.07 Å². The number of rotatable bonds is 6. The largest absolute Gasteiger partial charge is 0.459 e. The zero-order valence-corrected chi connectivity index (χ0v) is 15.9. The molecule has 1 aliphatic carbocycles. The number of hydrogen-bond acceptors (Lipinski definition) is 4. The van der Waals surface area contributed by atoms with Crippen molar-refractivity contribution in [3.63, 3.8) is 0 Å². The fourth-order valence-corrected chi connectivity index (χ4v) is 3.71. The first-order valence-corrected chi connectivity index (χ1v) is 9.50. The Bertz CT molecular complexity index is 773. The van der Waals surface area contributed by atoms with Crippen LogP contribution in [0.5, 0.6) is 0 Å². The van der Waals surface area contributed by atoms with Gasteiger partial charge in [0.25, 0.3) is 5.91 Å². The highest BCUT2D eigenvalue weighted by atomic mass is 32.1. The van der Waals surface area contributed by atoms with E-state index in [4.69, 9.17) is 4.74 Å². The maximum atomic E-state index is 13.1. The first-order valence-electron chi connectivity index (χ1n) is 8.62. The fraction of sp³-hybridized carbons (Fsp3) is 0.474. The fourth-order valence-electron chi connectivity index (χ4n) is 3.01. The van der Waals surface area contributed by atoms with Gasteiger partial charge in [0.2, 0.25) is 0 Å². The second-order valence-corrected chi connectivity index (χ2v) is 7.85. The Balaban J connectivity index is 1.87. The van der Waals surface area contributed by atoms with Gasteiger partial charge >= 0.3 is 5.97 Å². The number of ether oxygens (including phenoxy) is 1. The van der Waals surface area contributed by atoms with E-state index in [0.717, 1.165) is 12.8 Å². The number of carbonyl (C=O) groups excluding carboxylic acids is 2. The molecule has 0 unspecified atom stereocenters. The van der Waals surface area contributed by atoms with Gasteiger partial charge in [-0.2, -0.15) is 0 Å². The second-order valence-electron chi connectivity index (χ2n) is 6.82. The number of aryl methyl sites for hydroxylation is 1. The third kappa shape index (κ3) is 3.79. The van der Waals surface area contributed by atoms with Crippen LogP contribution in [-0.2, 0) is 11.3 Å². The zero-order valence-electron chi connectivity index (χ0n) is 15.1. The number of esters is 1. The van der Waals surface area contributed by atoms with Gasteiger partial charge in [0.05, 0.1) is 18.2 Å². The van der Waals surface area contributed by atoms with E-state index in [2.05, 4.69) is 4.98 Å². The van der Waals surface area contributed by atoms with Gasteiger partial charge < -0.3 is 14.6 Å². The van der Waals surface area contributed by atoms with E-state index in [9.17, 15) is 9.59 Å². The molecule has 25 heavy (non-hydrogen) atoms. The molecule has 1 N–H and O–H groups in total. The normalized spacial score (nSPS) is 14.0. The van der Waals surface area contributed by atoms with Gasteiger partial charge in [-0.05, 0) is 57.5 Å². The van der Waals surface area contributed by atoms with Crippen molar-refractivity contribution >= 4 is 23.2 Å². The highest BCUT2D eigenvalue weighted by molar-refractivity contribution is 7.09. The van der Waals surface area contributed by atoms with Crippen LogP contribution >= 0.6 is 11.3 Å². The summed E-state index contributed by atoms with van der Waals surface area (Å²) in [6, 6.07) is 4.34. The van der Waals surface area contributed by atoms with E-state index < -0.39 is 0 Å². The highest BCUT2D eigenvalue weighted by Crippen LogP contribution is 2.32. The van der Waals surface area contributed by atoms with Gasteiger partial charge in [0, 0.05) is 16.6 Å². The number of hydrogen-bond donors (Lipinski definition) is 1. The Hall–Kier alpha value is -2.08. The lowest BCUT2D eigenvalue weighted by molar-refractivity contribution is 0.0376. The summed E-state index contributed by atoms with van der Waals surface area (Å²) >= 11 is 1.66. The second kappa shape index (κ2) is 7.04. The molecule has 0 aliphatic heterocycles. The summed E-state index contributed by atoms with van der Waals surface area (Å²) in [5.41, 5.74) is 2.32. The molecule has 0 atom stereocenters.